The molecule has 5 aromatic rings. The third kappa shape index (κ3) is 8.71. The number of rotatable bonds is 7. The van der Waals surface area contributed by atoms with E-state index in [1.54, 1.807) is 0 Å². The number of benzene rings is 5. The molecule has 5 rings (SSSR count). The summed E-state index contributed by atoms with van der Waals surface area (Å²) in [6.45, 7) is 10.3. The fraction of sp³-hybridized carbons (Fsp3) is 0.154. The number of halogens is 1. The molecule has 0 radical (unpaired) electrons. The van der Waals surface area contributed by atoms with Crippen LogP contribution in [-0.4, -0.2) is 12.4 Å². The number of carbonyl (C=O) groups excluding carboxylic acids is 1. The van der Waals surface area contributed by atoms with Crippen molar-refractivity contribution in [1.82, 2.24) is 0 Å². The second kappa shape index (κ2) is 16.8. The Morgan fingerprint density at radius 2 is 0.833 bits per heavy atom. The number of ketones is 1. The zero-order chi connectivity index (χ0) is 29.6. The molecule has 218 valence electrons. The number of hydrogen-bond donors (Lipinski definition) is 0. The molecule has 0 aliphatic rings. The zero-order valence-corrected chi connectivity index (χ0v) is 26.8. The summed E-state index contributed by atoms with van der Waals surface area (Å²) in [6, 6.07) is 51.9. The fourth-order valence-electron chi connectivity index (χ4n) is 4.50. The molecule has 0 atom stereocenters. The maximum absolute atomic E-state index is 11.0. The van der Waals surface area contributed by atoms with E-state index in [4.69, 9.17) is 0 Å². The summed E-state index contributed by atoms with van der Waals surface area (Å²) >= 11 is 4.24. The summed E-state index contributed by atoms with van der Waals surface area (Å²) in [4.78, 5) is 11.0. The van der Waals surface area contributed by atoms with Crippen molar-refractivity contribution >= 4 is 48.1 Å². The second-order valence-electron chi connectivity index (χ2n) is 9.90. The second-order valence-corrected chi connectivity index (χ2v) is 19.6. The Morgan fingerprint density at radius 1 is 0.548 bits per heavy atom. The van der Waals surface area contributed by atoms with Crippen LogP contribution in [0.2, 0.25) is 0 Å². The van der Waals surface area contributed by atoms with Gasteiger partial charge >= 0.3 is 134 Å². The third-order valence-electron chi connectivity index (χ3n) is 7.14. The molecule has 0 unspecified atom stereocenters. The van der Waals surface area contributed by atoms with E-state index < -0.39 is 5.31 Å². The van der Waals surface area contributed by atoms with E-state index in [9.17, 15) is 4.79 Å². The Kier molecular flexibility index (Phi) is 13.8. The van der Waals surface area contributed by atoms with Gasteiger partial charge in [-0.2, -0.15) is 0 Å². The Labute approximate surface area is 262 Å². The molecule has 0 aliphatic heterocycles. The maximum atomic E-state index is 11.0. The Balaban J connectivity index is 0.000000247. The van der Waals surface area contributed by atoms with Crippen LogP contribution in [0, 0.1) is 0 Å². The van der Waals surface area contributed by atoms with Crippen molar-refractivity contribution in [2.24, 2.45) is 0 Å². The predicted octanol–water partition coefficient (Wildman–Crippen LogP) is 10.5. The molecule has 5 aromatic carbocycles. The van der Waals surface area contributed by atoms with Gasteiger partial charge in [0, 0.05) is 12.0 Å². The summed E-state index contributed by atoms with van der Waals surface area (Å²) in [7, 11) is 0. The molecule has 0 saturated heterocycles. The molecule has 0 spiro atoms. The summed E-state index contributed by atoms with van der Waals surface area (Å²) in [5, 5.41) is 1.48. The fourth-order valence-corrected chi connectivity index (χ4v) is 10.2. The van der Waals surface area contributed by atoms with Gasteiger partial charge in [0.05, 0.1) is 0 Å². The van der Waals surface area contributed by atoms with Crippen LogP contribution in [0.4, 0.5) is 0 Å². The molecule has 42 heavy (non-hydrogen) atoms. The zero-order valence-electron chi connectivity index (χ0n) is 24.3. The van der Waals surface area contributed by atoms with E-state index in [-0.39, 0.29) is 13.2 Å². The van der Waals surface area contributed by atoms with Crippen molar-refractivity contribution in [3.8, 4) is 0 Å². The number of carbonyl (C=O) groups is 1. The molecule has 0 fully saturated rings. The van der Waals surface area contributed by atoms with Crippen molar-refractivity contribution in [2.45, 2.75) is 34.1 Å². The molecular formula is C39H44BrOP. The number of allylic oxidation sites excluding steroid dienone is 1. The predicted molar refractivity (Wildman–Crippen MR) is 194 cm³/mol. The van der Waals surface area contributed by atoms with Crippen molar-refractivity contribution < 1.29 is 4.79 Å². The minimum absolute atomic E-state index is 0. The molecule has 0 heterocycles. The molecule has 0 aliphatic carbocycles. The van der Waals surface area contributed by atoms with Gasteiger partial charge in [-0.1, -0.05) is 88.5 Å². The van der Waals surface area contributed by atoms with Gasteiger partial charge in [0.25, 0.3) is 0 Å². The molecular weight excluding hydrogens is 595 g/mol. The number of Topliss-reactive ketones (excluding diaryl/α,β-unsaturated/α-hetero) is 1. The van der Waals surface area contributed by atoms with Crippen LogP contribution < -0.4 is 15.9 Å². The average Bonchev–Trinajstić information content (AvgIpc) is 3.06. The molecule has 0 saturated carbocycles. The molecule has 0 amide bonds. The van der Waals surface area contributed by atoms with E-state index in [0.717, 1.165) is 12.0 Å². The summed E-state index contributed by atoms with van der Waals surface area (Å²) in [5.74, 6) is 0.209. The molecule has 0 aromatic heterocycles. The first kappa shape index (κ1) is 34.6. The minimum atomic E-state index is -2.56. The first-order chi connectivity index (χ1) is 19.8. The van der Waals surface area contributed by atoms with Gasteiger partial charge in [0.15, 0.2) is 5.78 Å². The van der Waals surface area contributed by atoms with Gasteiger partial charge < -0.3 is 0 Å². The van der Waals surface area contributed by atoms with Crippen LogP contribution in [-0.2, 0) is 0 Å². The van der Waals surface area contributed by atoms with E-state index in [2.05, 4.69) is 139 Å². The van der Waals surface area contributed by atoms with Gasteiger partial charge in [0.1, 0.15) is 0 Å². The quantitative estimate of drug-likeness (QED) is 0.128. The van der Waals surface area contributed by atoms with Crippen molar-refractivity contribution in [3.05, 3.63) is 169 Å². The standard InChI is InChI=1S/C19H18BrP.C10H12.C9H10O.CH4/c1-21(20,17-11-5-2-6-12-17,18-13-7-3-8-14-18)19-15-9-4-10-16-19;1-3-9(2)10-7-5-4-6-8-10;1-2-9(10)8-6-4-3-5-7-8;/h2-16H,1H3;4-8H,2-3H2,1H3;3-7H,2H2,1H3;1H4. The molecule has 1 nitrogen and oxygen atoms in total. The van der Waals surface area contributed by atoms with Crippen LogP contribution in [0.5, 0.6) is 0 Å². The first-order valence-corrected chi connectivity index (χ1v) is 18.7. The monoisotopic (exact) mass is 638 g/mol. The first-order valence-electron chi connectivity index (χ1n) is 14.0. The van der Waals surface area contributed by atoms with E-state index in [0.29, 0.717) is 6.42 Å². The number of hydrogen-bond acceptors (Lipinski definition) is 1. The van der Waals surface area contributed by atoms with Gasteiger partial charge in [-0.05, 0) is 17.6 Å². The van der Waals surface area contributed by atoms with Gasteiger partial charge in [-0.15, -0.1) is 0 Å². The van der Waals surface area contributed by atoms with Gasteiger partial charge in [-0.25, -0.2) is 0 Å². The van der Waals surface area contributed by atoms with E-state index in [1.165, 1.54) is 27.1 Å². The van der Waals surface area contributed by atoms with Crippen LogP contribution in [0.3, 0.4) is 0 Å². The van der Waals surface area contributed by atoms with Crippen molar-refractivity contribution in [2.75, 3.05) is 6.66 Å². The Bertz CT molecular complexity index is 1330. The Hall–Kier alpha value is -3.58. The summed E-state index contributed by atoms with van der Waals surface area (Å²) in [6.07, 6.45) is 1.62. The Morgan fingerprint density at radius 3 is 1.12 bits per heavy atom. The van der Waals surface area contributed by atoms with Crippen LogP contribution >= 0.6 is 20.8 Å². The van der Waals surface area contributed by atoms with Crippen LogP contribution in [0.15, 0.2) is 158 Å². The van der Waals surface area contributed by atoms with Crippen molar-refractivity contribution in [1.29, 1.82) is 0 Å². The van der Waals surface area contributed by atoms with Crippen LogP contribution in [0.1, 0.15) is 50.0 Å². The molecule has 0 bridgehead atoms. The normalized spacial score (nSPS) is 11.1. The van der Waals surface area contributed by atoms with Crippen molar-refractivity contribution in [3.63, 3.8) is 0 Å². The molecule has 0 N–H and O–H groups in total. The topological polar surface area (TPSA) is 17.1 Å². The third-order valence-corrected chi connectivity index (χ3v) is 15.4. The molecule has 3 heteroatoms. The van der Waals surface area contributed by atoms with Crippen LogP contribution in [0.25, 0.3) is 5.57 Å². The summed E-state index contributed by atoms with van der Waals surface area (Å²) in [5.41, 5.74) is 3.27. The average molecular weight is 640 g/mol. The summed E-state index contributed by atoms with van der Waals surface area (Å²) < 4.78 is 0. The van der Waals surface area contributed by atoms with E-state index in [1.807, 2.05) is 55.5 Å². The SMILES string of the molecule is C.C=C(CC)c1ccccc1.CCC(=O)c1ccccc1.CP(Br)(c1ccccc1)(c1ccccc1)c1ccccc1. The van der Waals surface area contributed by atoms with Gasteiger partial charge in [-0.3, -0.25) is 4.79 Å². The van der Waals surface area contributed by atoms with E-state index >= 15 is 0 Å². The van der Waals surface area contributed by atoms with Gasteiger partial charge in [0.2, 0.25) is 0 Å².